The maximum Gasteiger partial charge on any atom is 0.417 e. The van der Waals surface area contributed by atoms with Gasteiger partial charge < -0.3 is 14.9 Å². The fourth-order valence-electron chi connectivity index (χ4n) is 3.96. The van der Waals surface area contributed by atoms with Gasteiger partial charge in [-0.15, -0.1) is 0 Å². The number of ether oxygens (including phenoxy) is 1. The van der Waals surface area contributed by atoms with E-state index >= 15 is 0 Å². The summed E-state index contributed by atoms with van der Waals surface area (Å²) in [5.41, 5.74) is -0.558. The highest BCUT2D eigenvalue weighted by Crippen LogP contribution is 2.37. The third-order valence-electron chi connectivity index (χ3n) is 5.87. The molecule has 37 heavy (non-hydrogen) atoms. The van der Waals surface area contributed by atoms with Gasteiger partial charge in [0, 0.05) is 17.7 Å². The molecule has 0 aliphatic carbocycles. The third kappa shape index (κ3) is 5.46. The van der Waals surface area contributed by atoms with Crippen LogP contribution in [-0.2, 0) is 25.3 Å². The molecule has 4 rings (SSSR count). The second kappa shape index (κ2) is 10.1. The van der Waals surface area contributed by atoms with E-state index in [9.17, 15) is 22.8 Å². The Labute approximate surface area is 210 Å². The fraction of sp³-hybridized carbons (Fsp3) is 0.185. The van der Waals surface area contributed by atoms with Crippen molar-refractivity contribution in [1.82, 2.24) is 0 Å². The number of oxime groups is 1. The van der Waals surface area contributed by atoms with E-state index in [1.165, 1.54) is 49.6 Å². The van der Waals surface area contributed by atoms with Gasteiger partial charge in [-0.05, 0) is 41.5 Å². The number of nitrogens with zero attached hydrogens (tertiary/aromatic N) is 2. The molecule has 7 nitrogen and oxygen atoms in total. The van der Waals surface area contributed by atoms with Crippen molar-refractivity contribution in [2.75, 3.05) is 12.4 Å². The smallest absolute Gasteiger partial charge is 0.417 e. The summed E-state index contributed by atoms with van der Waals surface area (Å²) in [6.07, 6.45) is -5.02. The number of carbonyl (C=O) groups is 2. The summed E-state index contributed by atoms with van der Waals surface area (Å²) in [7, 11) is 1.18. The molecule has 0 aromatic heterocycles. The zero-order valence-electron chi connectivity index (χ0n) is 19.5. The number of hydrogen-bond acceptors (Lipinski definition) is 6. The van der Waals surface area contributed by atoms with Crippen LogP contribution in [0.2, 0.25) is 0 Å². The Kier molecular flexibility index (Phi) is 6.98. The van der Waals surface area contributed by atoms with Crippen molar-refractivity contribution in [3.8, 4) is 17.2 Å². The topological polar surface area (TPSA) is 101 Å². The molecule has 0 bridgehead atoms. The lowest BCUT2D eigenvalue weighted by atomic mass is 9.89. The van der Waals surface area contributed by atoms with E-state index in [1.54, 1.807) is 24.3 Å². The van der Waals surface area contributed by atoms with E-state index in [-0.39, 0.29) is 17.7 Å². The predicted octanol–water partition coefficient (Wildman–Crippen LogP) is 5.31. The molecule has 10 heteroatoms. The molecule has 0 saturated carbocycles. The molecule has 1 aliphatic heterocycles. The lowest BCUT2D eigenvalue weighted by Crippen LogP contribution is -2.45. The number of alkyl halides is 3. The summed E-state index contributed by atoms with van der Waals surface area (Å²) in [5, 5.41) is 15.8. The number of nitriles is 1. The van der Waals surface area contributed by atoms with Crippen LogP contribution in [0.5, 0.6) is 0 Å². The van der Waals surface area contributed by atoms with Gasteiger partial charge in [-0.25, -0.2) is 0 Å². The van der Waals surface area contributed by atoms with Gasteiger partial charge in [-0.3, -0.25) is 9.59 Å². The monoisotopic (exact) mass is 507 g/mol. The maximum atomic E-state index is 13.4. The molecule has 0 spiro atoms. The summed E-state index contributed by atoms with van der Waals surface area (Å²) in [6.45, 7) is 0. The number of methoxy groups -OCH3 is 1. The first-order chi connectivity index (χ1) is 17.6. The third-order valence-corrected chi connectivity index (χ3v) is 5.87. The predicted molar refractivity (Wildman–Crippen MR) is 128 cm³/mol. The van der Waals surface area contributed by atoms with Crippen LogP contribution in [0.4, 0.5) is 18.9 Å². The minimum Gasteiger partial charge on any atom is -0.469 e. The number of nitrogens with one attached hydrogen (secondary N) is 1. The van der Waals surface area contributed by atoms with Crippen molar-refractivity contribution in [2.45, 2.75) is 24.6 Å². The minimum absolute atomic E-state index is 0.00630. The maximum absolute atomic E-state index is 13.4. The van der Waals surface area contributed by atoms with Gasteiger partial charge in [0.2, 0.25) is 5.60 Å². The number of carbonyl (C=O) groups excluding carboxylic acids is 2. The van der Waals surface area contributed by atoms with Gasteiger partial charge in [-0.1, -0.05) is 47.6 Å². The number of benzene rings is 3. The summed E-state index contributed by atoms with van der Waals surface area (Å²) in [5.74, 6) is -1.38. The molecular weight excluding hydrogens is 487 g/mol. The van der Waals surface area contributed by atoms with E-state index in [0.29, 0.717) is 22.4 Å². The molecule has 1 heterocycles. The number of rotatable bonds is 6. The molecule has 0 radical (unpaired) electrons. The quantitative estimate of drug-likeness (QED) is 0.456. The number of esters is 1. The molecule has 188 valence electrons. The number of hydrogen-bond donors (Lipinski definition) is 1. The van der Waals surface area contributed by atoms with Crippen LogP contribution >= 0.6 is 0 Å². The first kappa shape index (κ1) is 25.4. The van der Waals surface area contributed by atoms with Gasteiger partial charge in [-0.2, -0.15) is 18.4 Å². The van der Waals surface area contributed by atoms with Crippen molar-refractivity contribution in [3.63, 3.8) is 0 Å². The van der Waals surface area contributed by atoms with Gasteiger partial charge in [0.05, 0.1) is 36.4 Å². The van der Waals surface area contributed by atoms with Gasteiger partial charge in [0.15, 0.2) is 0 Å². The minimum atomic E-state index is -4.52. The molecule has 1 atom stereocenters. The average Bonchev–Trinajstić information content (AvgIpc) is 3.34. The van der Waals surface area contributed by atoms with Gasteiger partial charge in [0.25, 0.3) is 5.91 Å². The van der Waals surface area contributed by atoms with E-state index in [1.807, 2.05) is 6.07 Å². The molecule has 3 aromatic rings. The van der Waals surface area contributed by atoms with E-state index in [2.05, 4.69) is 10.5 Å². The molecule has 1 amide bonds. The van der Waals surface area contributed by atoms with Crippen LogP contribution in [0.1, 0.15) is 29.5 Å². The van der Waals surface area contributed by atoms with E-state index < -0.39 is 35.6 Å². The van der Waals surface area contributed by atoms with Crippen LogP contribution in [0, 0.1) is 11.3 Å². The molecule has 1 N–H and O–H groups in total. The highest BCUT2D eigenvalue weighted by atomic mass is 19.4. The second-order valence-electron chi connectivity index (χ2n) is 8.32. The van der Waals surface area contributed by atoms with Crippen molar-refractivity contribution in [2.24, 2.45) is 5.16 Å². The second-order valence-corrected chi connectivity index (χ2v) is 8.32. The lowest BCUT2D eigenvalue weighted by molar-refractivity contribution is -0.155. The Balaban J connectivity index is 1.56. The van der Waals surface area contributed by atoms with Crippen molar-refractivity contribution < 1.29 is 32.3 Å². The standard InChI is InChI=1S/C27H20F3N3O4/c1-36-24(34)15-26(14-23(33-37-26)19-6-4-5-17(13-19)16-31)25(35)32-20-11-9-18(10-12-20)21-7-2-3-8-22(21)27(28,29)30/h2-13H,14-15H2,1H3,(H,32,35). The Morgan fingerprint density at radius 2 is 1.81 bits per heavy atom. The largest absolute Gasteiger partial charge is 0.469 e. The molecule has 1 aliphatic rings. The Morgan fingerprint density at radius 1 is 1.08 bits per heavy atom. The Bertz CT molecular complexity index is 1410. The van der Waals surface area contributed by atoms with E-state index in [0.717, 1.165) is 6.07 Å². The Hall–Kier alpha value is -4.65. The zero-order valence-corrected chi connectivity index (χ0v) is 19.5. The first-order valence-corrected chi connectivity index (χ1v) is 11.1. The molecule has 1 unspecified atom stereocenters. The number of halogens is 3. The molecule has 0 fully saturated rings. The molecular formula is C27H20F3N3O4. The summed E-state index contributed by atoms with van der Waals surface area (Å²) in [4.78, 5) is 30.9. The van der Waals surface area contributed by atoms with Gasteiger partial charge in [0.1, 0.15) is 0 Å². The summed E-state index contributed by atoms with van der Waals surface area (Å²) >= 11 is 0. The van der Waals surface area contributed by atoms with Crippen molar-refractivity contribution >= 4 is 23.3 Å². The zero-order chi connectivity index (χ0) is 26.6. The number of anilines is 1. The highest BCUT2D eigenvalue weighted by molar-refractivity contribution is 6.09. The Morgan fingerprint density at radius 3 is 2.49 bits per heavy atom. The highest BCUT2D eigenvalue weighted by Gasteiger charge is 2.49. The normalized spacial score (nSPS) is 16.8. The number of amides is 1. The SMILES string of the molecule is COC(=O)CC1(C(=O)Nc2ccc(-c3ccccc3C(F)(F)F)cc2)CC(c2cccc(C#N)c2)=NO1. The van der Waals surface area contributed by atoms with Crippen LogP contribution < -0.4 is 5.32 Å². The van der Waals surface area contributed by atoms with Crippen LogP contribution in [0.3, 0.4) is 0 Å². The van der Waals surface area contributed by atoms with E-state index in [4.69, 9.17) is 14.8 Å². The lowest BCUT2D eigenvalue weighted by Gasteiger charge is -2.24. The first-order valence-electron chi connectivity index (χ1n) is 11.1. The summed E-state index contributed by atoms with van der Waals surface area (Å²) in [6, 6.07) is 19.6. The summed E-state index contributed by atoms with van der Waals surface area (Å²) < 4.78 is 44.9. The van der Waals surface area contributed by atoms with Crippen LogP contribution in [0.25, 0.3) is 11.1 Å². The van der Waals surface area contributed by atoms with Crippen LogP contribution in [-0.4, -0.2) is 30.3 Å². The molecule has 0 saturated heterocycles. The van der Waals surface area contributed by atoms with Crippen molar-refractivity contribution in [3.05, 3.63) is 89.5 Å². The van der Waals surface area contributed by atoms with Crippen molar-refractivity contribution in [1.29, 1.82) is 5.26 Å². The fourth-order valence-corrected chi connectivity index (χ4v) is 3.96. The van der Waals surface area contributed by atoms with Crippen LogP contribution in [0.15, 0.2) is 78.0 Å². The average molecular weight is 507 g/mol. The van der Waals surface area contributed by atoms with Gasteiger partial charge >= 0.3 is 12.1 Å². The molecule has 3 aromatic carbocycles.